The maximum atomic E-state index is 11.8. The molecule has 0 saturated heterocycles. The lowest BCUT2D eigenvalue weighted by molar-refractivity contribution is 0.378. The lowest BCUT2D eigenvalue weighted by Crippen LogP contribution is -2.16. The summed E-state index contributed by atoms with van der Waals surface area (Å²) in [6.07, 6.45) is 0. The summed E-state index contributed by atoms with van der Waals surface area (Å²) in [5.41, 5.74) is 1.90. The molecule has 0 amide bonds. The lowest BCUT2D eigenvalue weighted by Gasteiger charge is -2.04. The van der Waals surface area contributed by atoms with Crippen molar-refractivity contribution in [3.8, 4) is 11.4 Å². The predicted octanol–water partition coefficient (Wildman–Crippen LogP) is 2.55. The van der Waals surface area contributed by atoms with Gasteiger partial charge in [-0.2, -0.15) is 0 Å². The van der Waals surface area contributed by atoms with Gasteiger partial charge < -0.3 is 0 Å². The Labute approximate surface area is 109 Å². The van der Waals surface area contributed by atoms with Gasteiger partial charge >= 0.3 is 5.76 Å². The summed E-state index contributed by atoms with van der Waals surface area (Å²) in [5, 5.41) is 3.86. The van der Waals surface area contributed by atoms with Crippen molar-refractivity contribution in [3.63, 3.8) is 0 Å². The molecule has 0 atom stereocenters. The van der Waals surface area contributed by atoms with Crippen molar-refractivity contribution in [2.75, 3.05) is 0 Å². The van der Waals surface area contributed by atoms with Crippen LogP contribution in [0.3, 0.4) is 0 Å². The van der Waals surface area contributed by atoms with E-state index in [2.05, 4.69) is 5.16 Å². The second kappa shape index (κ2) is 4.94. The van der Waals surface area contributed by atoms with Gasteiger partial charge in [0.1, 0.15) is 0 Å². The van der Waals surface area contributed by atoms with Crippen LogP contribution in [0.4, 0.5) is 0 Å². The molecule has 0 aliphatic carbocycles. The summed E-state index contributed by atoms with van der Waals surface area (Å²) < 4.78 is 6.31. The maximum absolute atomic E-state index is 11.8. The number of hydrogen-bond acceptors (Lipinski definition) is 3. The lowest BCUT2D eigenvalue weighted by atomic mass is 10.2. The normalized spacial score (nSPS) is 10.5. The molecule has 94 valence electrons. The first-order valence-electron chi connectivity index (χ1n) is 6.00. The zero-order valence-electron chi connectivity index (χ0n) is 10.2. The van der Waals surface area contributed by atoms with Gasteiger partial charge in [0, 0.05) is 5.56 Å². The molecule has 3 aromatic rings. The van der Waals surface area contributed by atoms with Crippen LogP contribution in [0.2, 0.25) is 0 Å². The van der Waals surface area contributed by atoms with E-state index < -0.39 is 5.76 Å². The molecule has 0 bridgehead atoms. The molecule has 0 fully saturated rings. The zero-order chi connectivity index (χ0) is 13.1. The second-order valence-corrected chi connectivity index (χ2v) is 4.21. The molecule has 0 radical (unpaired) electrons. The van der Waals surface area contributed by atoms with Gasteiger partial charge in [-0.1, -0.05) is 65.8 Å². The van der Waals surface area contributed by atoms with E-state index in [1.165, 1.54) is 4.57 Å². The van der Waals surface area contributed by atoms with E-state index in [0.717, 1.165) is 11.1 Å². The molecule has 19 heavy (non-hydrogen) atoms. The van der Waals surface area contributed by atoms with Gasteiger partial charge in [0.25, 0.3) is 0 Å². The van der Waals surface area contributed by atoms with Crippen LogP contribution in [0.5, 0.6) is 0 Å². The van der Waals surface area contributed by atoms with Gasteiger partial charge in [0.15, 0.2) is 5.82 Å². The molecular formula is C15H12N2O2. The van der Waals surface area contributed by atoms with Gasteiger partial charge in [0.05, 0.1) is 6.54 Å². The van der Waals surface area contributed by atoms with Gasteiger partial charge in [-0.05, 0) is 5.56 Å². The summed E-state index contributed by atoms with van der Waals surface area (Å²) in [6, 6.07) is 19.3. The fraction of sp³-hybridized carbons (Fsp3) is 0.0667. The van der Waals surface area contributed by atoms with Crippen molar-refractivity contribution in [3.05, 3.63) is 76.8 Å². The van der Waals surface area contributed by atoms with Crippen LogP contribution >= 0.6 is 0 Å². The Kier molecular flexibility index (Phi) is 2.98. The molecule has 2 aromatic carbocycles. The molecule has 0 unspecified atom stereocenters. The van der Waals surface area contributed by atoms with E-state index in [-0.39, 0.29) is 0 Å². The van der Waals surface area contributed by atoms with Crippen LogP contribution in [0, 0.1) is 0 Å². The number of hydrogen-bond donors (Lipinski definition) is 0. The van der Waals surface area contributed by atoms with Crippen LogP contribution in [0.1, 0.15) is 5.56 Å². The topological polar surface area (TPSA) is 48.0 Å². The van der Waals surface area contributed by atoms with Crippen LogP contribution < -0.4 is 5.76 Å². The molecule has 0 spiro atoms. The Hall–Kier alpha value is -2.62. The Morgan fingerprint density at radius 1 is 0.947 bits per heavy atom. The number of benzene rings is 2. The maximum Gasteiger partial charge on any atom is 0.442 e. The highest BCUT2D eigenvalue weighted by molar-refractivity contribution is 5.54. The Morgan fingerprint density at radius 3 is 2.26 bits per heavy atom. The standard InChI is InChI=1S/C15H12N2O2/c18-15-17(11-12-7-3-1-4-8-12)14(16-19-15)13-9-5-2-6-10-13/h1-10H,11H2. The summed E-state index contributed by atoms with van der Waals surface area (Å²) in [4.78, 5) is 11.8. The zero-order valence-corrected chi connectivity index (χ0v) is 10.2. The Morgan fingerprint density at radius 2 is 1.58 bits per heavy atom. The van der Waals surface area contributed by atoms with Crippen molar-refractivity contribution in [1.82, 2.24) is 9.72 Å². The quantitative estimate of drug-likeness (QED) is 0.719. The van der Waals surface area contributed by atoms with Crippen LogP contribution in [-0.4, -0.2) is 9.72 Å². The number of aromatic nitrogens is 2. The highest BCUT2D eigenvalue weighted by Crippen LogP contribution is 2.16. The third kappa shape index (κ3) is 2.33. The molecule has 3 rings (SSSR count). The monoisotopic (exact) mass is 252 g/mol. The SMILES string of the molecule is O=c1onc(-c2ccccc2)n1Cc1ccccc1. The van der Waals surface area contributed by atoms with Crippen LogP contribution in [0.25, 0.3) is 11.4 Å². The largest absolute Gasteiger partial charge is 0.442 e. The molecule has 4 nitrogen and oxygen atoms in total. The van der Waals surface area contributed by atoms with Crippen LogP contribution in [-0.2, 0) is 6.54 Å². The van der Waals surface area contributed by atoms with Gasteiger partial charge in [0.2, 0.25) is 0 Å². The molecule has 1 aromatic heterocycles. The molecule has 4 heteroatoms. The minimum absolute atomic E-state index is 0.442. The average Bonchev–Trinajstić information content (AvgIpc) is 2.82. The molecule has 1 heterocycles. The number of nitrogens with zero attached hydrogens (tertiary/aromatic N) is 2. The van der Waals surface area contributed by atoms with E-state index >= 15 is 0 Å². The average molecular weight is 252 g/mol. The summed E-state index contributed by atoms with van der Waals surface area (Å²) in [5.74, 6) is 0.108. The molecule has 0 saturated carbocycles. The van der Waals surface area contributed by atoms with Crippen LogP contribution in [0.15, 0.2) is 70.0 Å². The van der Waals surface area contributed by atoms with Crippen molar-refractivity contribution in [1.29, 1.82) is 0 Å². The van der Waals surface area contributed by atoms with Gasteiger partial charge in [-0.15, -0.1) is 0 Å². The fourth-order valence-electron chi connectivity index (χ4n) is 1.97. The molecule has 0 N–H and O–H groups in total. The molecule has 0 aliphatic heterocycles. The highest BCUT2D eigenvalue weighted by Gasteiger charge is 2.12. The first-order chi connectivity index (χ1) is 9.34. The summed E-state index contributed by atoms with van der Waals surface area (Å²) in [6.45, 7) is 0.452. The van der Waals surface area contributed by atoms with E-state index in [4.69, 9.17) is 4.52 Å². The minimum Gasteiger partial charge on any atom is -0.295 e. The van der Waals surface area contributed by atoms with Crippen molar-refractivity contribution >= 4 is 0 Å². The highest BCUT2D eigenvalue weighted by atomic mass is 16.5. The van der Waals surface area contributed by atoms with E-state index in [1.54, 1.807) is 0 Å². The van der Waals surface area contributed by atoms with Crippen molar-refractivity contribution in [2.45, 2.75) is 6.54 Å². The smallest absolute Gasteiger partial charge is 0.295 e. The van der Waals surface area contributed by atoms with Crippen molar-refractivity contribution in [2.24, 2.45) is 0 Å². The Balaban J connectivity index is 2.03. The molecule has 0 aliphatic rings. The summed E-state index contributed by atoms with van der Waals surface area (Å²) >= 11 is 0. The predicted molar refractivity (Wildman–Crippen MR) is 71.7 cm³/mol. The minimum atomic E-state index is -0.442. The fourth-order valence-corrected chi connectivity index (χ4v) is 1.97. The molecular weight excluding hydrogens is 240 g/mol. The van der Waals surface area contributed by atoms with E-state index in [0.29, 0.717) is 12.4 Å². The van der Waals surface area contributed by atoms with E-state index in [1.807, 2.05) is 60.7 Å². The van der Waals surface area contributed by atoms with E-state index in [9.17, 15) is 4.79 Å². The third-order valence-electron chi connectivity index (χ3n) is 2.90. The first-order valence-corrected chi connectivity index (χ1v) is 6.00. The number of rotatable bonds is 3. The van der Waals surface area contributed by atoms with Gasteiger partial charge in [-0.25, -0.2) is 4.79 Å². The Bertz CT molecular complexity index is 715. The second-order valence-electron chi connectivity index (χ2n) is 4.21. The summed E-state index contributed by atoms with van der Waals surface area (Å²) in [7, 11) is 0. The van der Waals surface area contributed by atoms with Gasteiger partial charge in [-0.3, -0.25) is 9.09 Å². The van der Waals surface area contributed by atoms with Crippen molar-refractivity contribution < 1.29 is 4.52 Å². The first kappa shape index (κ1) is 11.5. The third-order valence-corrected chi connectivity index (χ3v) is 2.90.